The van der Waals surface area contributed by atoms with Crippen molar-refractivity contribution in [3.05, 3.63) is 72.1 Å². The average molecular weight is 576 g/mol. The number of guanidine groups is 2. The molecule has 11 heteroatoms. The Kier molecular flexibility index (Phi) is 9.80. The molecule has 0 unspecified atom stereocenters. The molecule has 10 nitrogen and oxygen atoms in total. The normalized spacial score (nSPS) is 15.9. The first-order chi connectivity index (χ1) is 18.3. The third kappa shape index (κ3) is 7.62. The van der Waals surface area contributed by atoms with Crippen molar-refractivity contribution >= 4 is 59.1 Å². The minimum atomic E-state index is 0. The summed E-state index contributed by atoms with van der Waals surface area (Å²) in [4.78, 5) is 13.4. The Hall–Kier alpha value is -4.25. The predicted octanol–water partition coefficient (Wildman–Crippen LogP) is 3.46. The average Bonchev–Trinajstić information content (AvgIpc) is 3.38. The molecule has 0 atom stereocenters. The molecule has 2 aromatic heterocycles. The number of pyridine rings is 1. The Morgan fingerprint density at radius 1 is 0.763 bits per heavy atom. The van der Waals surface area contributed by atoms with E-state index in [0.717, 1.165) is 79.0 Å². The zero-order valence-corrected chi connectivity index (χ0v) is 22.6. The van der Waals surface area contributed by atoms with Gasteiger partial charge in [-0.2, -0.15) is 10.2 Å². The van der Waals surface area contributed by atoms with Crippen LogP contribution in [0.3, 0.4) is 0 Å². The van der Waals surface area contributed by atoms with Gasteiger partial charge in [0, 0.05) is 56.6 Å². The van der Waals surface area contributed by atoms with Crippen molar-refractivity contribution in [1.29, 1.82) is 0 Å². The molecule has 0 saturated carbocycles. The monoisotopic (exact) mass is 574 g/mol. The summed E-state index contributed by atoms with van der Waals surface area (Å²) >= 11 is 0. The number of aromatic nitrogens is 2. The van der Waals surface area contributed by atoms with Crippen molar-refractivity contribution in [2.24, 2.45) is 20.2 Å². The van der Waals surface area contributed by atoms with Gasteiger partial charge in [0.2, 0.25) is 11.9 Å². The number of hydrogen-bond donors (Lipinski definition) is 4. The van der Waals surface area contributed by atoms with Gasteiger partial charge in [0.15, 0.2) is 0 Å². The minimum Gasteiger partial charge on any atom is -0.355 e. The second kappa shape index (κ2) is 13.9. The quantitative estimate of drug-likeness (QED) is 0.255. The maximum absolute atomic E-state index is 4.76. The number of rotatable bonds is 7. The number of aliphatic imine (C=N–C) groups is 2. The lowest BCUT2D eigenvalue weighted by atomic mass is 10.1. The number of benzene rings is 1. The van der Waals surface area contributed by atoms with Crippen molar-refractivity contribution in [2.45, 2.75) is 12.8 Å². The third-order valence-electron chi connectivity index (χ3n) is 5.71. The third-order valence-corrected chi connectivity index (χ3v) is 5.71. The number of imidazole rings is 1. The van der Waals surface area contributed by atoms with Gasteiger partial charge in [-0.05, 0) is 48.3 Å². The summed E-state index contributed by atoms with van der Waals surface area (Å²) in [5, 5.41) is 14.7. The molecule has 3 aromatic rings. The first-order valence-corrected chi connectivity index (χ1v) is 12.4. The van der Waals surface area contributed by atoms with Crippen LogP contribution < -0.4 is 21.5 Å². The zero-order chi connectivity index (χ0) is 25.1. The summed E-state index contributed by atoms with van der Waals surface area (Å²) in [7, 11) is 0. The molecule has 196 valence electrons. The van der Waals surface area contributed by atoms with Crippen LogP contribution in [0.15, 0.2) is 81.1 Å². The second-order valence-electron chi connectivity index (χ2n) is 8.50. The van der Waals surface area contributed by atoms with Crippen molar-refractivity contribution in [3.63, 3.8) is 0 Å². The van der Waals surface area contributed by atoms with E-state index in [-0.39, 0.29) is 17.0 Å². The molecule has 2 aliphatic rings. The number of halogens is 1. The maximum Gasteiger partial charge on any atom is 0.212 e. The SMILES string of the molecule is Br.C(=Cc1ccc(-c2cn3cc(C=CC=NNC4=NCCCN4)ccc3n2)cc1)C=NNC1=NCCCN1. The van der Waals surface area contributed by atoms with E-state index in [4.69, 9.17) is 4.98 Å². The Bertz CT molecular complexity index is 1380. The Morgan fingerprint density at radius 2 is 1.37 bits per heavy atom. The maximum atomic E-state index is 4.76. The van der Waals surface area contributed by atoms with Crippen LogP contribution >= 0.6 is 17.0 Å². The van der Waals surface area contributed by atoms with Gasteiger partial charge in [-0.1, -0.05) is 36.4 Å². The van der Waals surface area contributed by atoms with Gasteiger partial charge >= 0.3 is 0 Å². The fraction of sp³-hybridized carbons (Fsp3) is 0.222. The molecule has 1 aromatic carbocycles. The van der Waals surface area contributed by atoms with Gasteiger partial charge in [-0.15, -0.1) is 17.0 Å². The number of allylic oxidation sites excluding steroid dienone is 2. The van der Waals surface area contributed by atoms with E-state index >= 15 is 0 Å². The van der Waals surface area contributed by atoms with Crippen LogP contribution in [0, 0.1) is 0 Å². The molecule has 4 N–H and O–H groups in total. The van der Waals surface area contributed by atoms with E-state index in [1.807, 2.05) is 47.0 Å². The molecular formula is C27H31BrN10. The smallest absolute Gasteiger partial charge is 0.212 e. The van der Waals surface area contributed by atoms with Crippen molar-refractivity contribution < 1.29 is 0 Å². The Morgan fingerprint density at radius 3 is 1.97 bits per heavy atom. The summed E-state index contributed by atoms with van der Waals surface area (Å²) in [6.45, 7) is 3.52. The summed E-state index contributed by atoms with van der Waals surface area (Å²) in [6.07, 6.45) is 17.4. The van der Waals surface area contributed by atoms with Crippen molar-refractivity contribution in [2.75, 3.05) is 26.2 Å². The Balaban J connectivity index is 0.00000336. The molecular weight excluding hydrogens is 544 g/mol. The number of nitrogens with zero attached hydrogens (tertiary/aromatic N) is 6. The topological polar surface area (TPSA) is 115 Å². The predicted molar refractivity (Wildman–Crippen MR) is 162 cm³/mol. The molecule has 0 bridgehead atoms. The van der Waals surface area contributed by atoms with Gasteiger partial charge < -0.3 is 15.0 Å². The number of fused-ring (bicyclic) bond motifs is 1. The van der Waals surface area contributed by atoms with Gasteiger partial charge in [0.1, 0.15) is 5.65 Å². The lowest BCUT2D eigenvalue weighted by molar-refractivity contribution is 0.712. The molecule has 38 heavy (non-hydrogen) atoms. The molecule has 0 fully saturated rings. The second-order valence-corrected chi connectivity index (χ2v) is 8.50. The lowest BCUT2D eigenvalue weighted by Gasteiger charge is -2.12. The lowest BCUT2D eigenvalue weighted by Crippen LogP contribution is -2.38. The molecule has 0 aliphatic carbocycles. The van der Waals surface area contributed by atoms with Crippen LogP contribution in [-0.2, 0) is 0 Å². The number of hydrogen-bond acceptors (Lipinski definition) is 9. The highest BCUT2D eigenvalue weighted by Crippen LogP contribution is 2.21. The molecule has 5 rings (SSSR count). The summed E-state index contributed by atoms with van der Waals surface area (Å²) in [6, 6.07) is 12.3. The minimum absolute atomic E-state index is 0. The first-order valence-electron chi connectivity index (χ1n) is 12.4. The summed E-state index contributed by atoms with van der Waals surface area (Å²) in [5.41, 5.74) is 10.8. The van der Waals surface area contributed by atoms with Crippen molar-refractivity contribution in [1.82, 2.24) is 30.9 Å². The molecule has 4 heterocycles. The van der Waals surface area contributed by atoms with Crippen LogP contribution in [0.5, 0.6) is 0 Å². The van der Waals surface area contributed by atoms with E-state index in [2.05, 4.69) is 72.1 Å². The van der Waals surface area contributed by atoms with Gasteiger partial charge in [0.05, 0.1) is 5.69 Å². The number of hydrazone groups is 2. The van der Waals surface area contributed by atoms with Gasteiger partial charge in [-0.25, -0.2) is 15.8 Å². The van der Waals surface area contributed by atoms with Crippen LogP contribution in [-0.4, -0.2) is 59.9 Å². The fourth-order valence-electron chi connectivity index (χ4n) is 3.82. The molecule has 0 spiro atoms. The van der Waals surface area contributed by atoms with Crippen LogP contribution in [0.1, 0.15) is 24.0 Å². The highest BCUT2D eigenvalue weighted by atomic mass is 79.9. The van der Waals surface area contributed by atoms with Gasteiger partial charge in [-0.3, -0.25) is 9.98 Å². The van der Waals surface area contributed by atoms with Crippen molar-refractivity contribution in [3.8, 4) is 11.3 Å². The van der Waals surface area contributed by atoms with Crippen LogP contribution in [0.25, 0.3) is 29.1 Å². The molecule has 0 saturated heterocycles. The van der Waals surface area contributed by atoms with E-state index in [0.29, 0.717) is 0 Å². The Labute approximate surface area is 232 Å². The standard InChI is InChI=1S/C27H30N10.BrH/c1(17-32-35-26-28-13-3-14-29-26)5-21-7-10-23(11-8-21)24-20-37-19-22(9-12-25(37)34-24)6-2-18-33-36-27-30-15-4-16-31-27;/h1-2,5-12,17-20H,3-4,13-16H2,(H2,28,29,35)(H2,30,31,36);1H. The van der Waals surface area contributed by atoms with E-state index in [9.17, 15) is 0 Å². The van der Waals surface area contributed by atoms with E-state index in [1.54, 1.807) is 12.4 Å². The van der Waals surface area contributed by atoms with E-state index < -0.39 is 0 Å². The highest BCUT2D eigenvalue weighted by Gasteiger charge is 2.05. The fourth-order valence-corrected chi connectivity index (χ4v) is 3.82. The first kappa shape index (κ1) is 26.8. The zero-order valence-electron chi connectivity index (χ0n) is 20.9. The van der Waals surface area contributed by atoms with Gasteiger partial charge in [0.25, 0.3) is 0 Å². The summed E-state index contributed by atoms with van der Waals surface area (Å²) in [5.74, 6) is 1.44. The van der Waals surface area contributed by atoms with Crippen LogP contribution in [0.2, 0.25) is 0 Å². The molecule has 0 radical (unpaired) electrons. The molecule has 2 aliphatic heterocycles. The highest BCUT2D eigenvalue weighted by molar-refractivity contribution is 8.93. The van der Waals surface area contributed by atoms with Crippen LogP contribution in [0.4, 0.5) is 0 Å². The van der Waals surface area contributed by atoms with E-state index in [1.165, 1.54) is 0 Å². The summed E-state index contributed by atoms with van der Waals surface area (Å²) < 4.78 is 2.04. The number of nitrogens with one attached hydrogen (secondary N) is 4. The molecule has 0 amide bonds. The largest absolute Gasteiger partial charge is 0.355 e.